The van der Waals surface area contributed by atoms with Crippen LogP contribution in [0, 0.1) is 23.7 Å². The lowest BCUT2D eigenvalue weighted by Crippen LogP contribution is -2.34. The smallest absolute Gasteiger partial charge is 0.221 e. The Kier molecular flexibility index (Phi) is 4.76. The van der Waals surface area contributed by atoms with Crippen molar-refractivity contribution in [2.45, 2.75) is 12.8 Å². The second-order valence-corrected chi connectivity index (χ2v) is 9.87. The molecule has 0 radical (unpaired) electrons. The number of primary amides is 1. The molecule has 30 heavy (non-hydrogen) atoms. The van der Waals surface area contributed by atoms with E-state index >= 15 is 0 Å². The topological polar surface area (TPSA) is 101 Å². The summed E-state index contributed by atoms with van der Waals surface area (Å²) in [6.45, 7) is 0. The third-order valence-electron chi connectivity index (χ3n) is 6.14. The molecule has 0 spiro atoms. The number of nitrogens with zero attached hydrogens (tertiary/aromatic N) is 4. The number of carbonyl (C=O) groups excluding carboxylic acids is 1. The first-order valence-electron chi connectivity index (χ1n) is 9.68. The van der Waals surface area contributed by atoms with Crippen molar-refractivity contribution in [3.63, 3.8) is 0 Å². The predicted octanol–water partition coefficient (Wildman–Crippen LogP) is 3.92. The second kappa shape index (κ2) is 7.21. The van der Waals surface area contributed by atoms with Crippen LogP contribution in [0.4, 0.5) is 5.13 Å². The summed E-state index contributed by atoms with van der Waals surface area (Å²) in [6.07, 6.45) is 7.56. The van der Waals surface area contributed by atoms with E-state index < -0.39 is 0 Å². The summed E-state index contributed by atoms with van der Waals surface area (Å²) >= 11 is 14.4. The van der Waals surface area contributed by atoms with E-state index in [0.29, 0.717) is 34.0 Å². The monoisotopic (exact) mass is 462 g/mol. The number of thiazole rings is 1. The molecule has 3 aromatic heterocycles. The van der Waals surface area contributed by atoms with Crippen LogP contribution >= 0.6 is 34.5 Å². The maximum atomic E-state index is 12.1. The zero-order chi connectivity index (χ0) is 21.2. The summed E-state index contributed by atoms with van der Waals surface area (Å²) in [4.78, 5) is 31.5. The number of halogens is 2. The van der Waals surface area contributed by atoms with Crippen LogP contribution in [-0.2, 0) is 11.2 Å². The molecule has 4 atom stereocenters. The molecule has 3 N–H and O–H groups in total. The average molecular weight is 463 g/mol. The van der Waals surface area contributed by atoms with Crippen molar-refractivity contribution in [3.8, 4) is 10.7 Å². The highest BCUT2D eigenvalue weighted by Crippen LogP contribution is 2.50. The Morgan fingerprint density at radius 1 is 1.30 bits per heavy atom. The number of carbonyl (C=O) groups is 1. The Morgan fingerprint density at radius 2 is 2.07 bits per heavy atom. The molecule has 0 saturated heterocycles. The summed E-state index contributed by atoms with van der Waals surface area (Å²) in [6, 6.07) is 0. The molecule has 0 aliphatic heterocycles. The largest absolute Gasteiger partial charge is 0.369 e. The van der Waals surface area contributed by atoms with Gasteiger partial charge < -0.3 is 15.6 Å². The Balaban J connectivity index is 1.56. The molecule has 3 aromatic rings. The van der Waals surface area contributed by atoms with Crippen molar-refractivity contribution in [1.82, 2.24) is 19.9 Å². The van der Waals surface area contributed by atoms with Crippen LogP contribution in [0.2, 0.25) is 10.2 Å². The number of nitrogens with one attached hydrogen (secondary N) is 1. The number of hydrogen-bond acceptors (Lipinski definition) is 6. The summed E-state index contributed by atoms with van der Waals surface area (Å²) in [5.74, 6) is 0.895. The third-order valence-corrected chi connectivity index (χ3v) is 8.08. The minimum Gasteiger partial charge on any atom is -0.369 e. The maximum Gasteiger partial charge on any atom is 0.221 e. The zero-order valence-corrected chi connectivity index (χ0v) is 18.7. The van der Waals surface area contributed by atoms with Crippen LogP contribution < -0.4 is 10.6 Å². The number of nitrogens with two attached hydrogens (primary N) is 1. The molecule has 156 valence electrons. The zero-order valence-electron chi connectivity index (χ0n) is 16.4. The van der Waals surface area contributed by atoms with Gasteiger partial charge in [0.1, 0.15) is 4.88 Å². The van der Waals surface area contributed by atoms with Gasteiger partial charge in [-0.05, 0) is 30.6 Å². The second-order valence-electron chi connectivity index (χ2n) is 8.12. The molecule has 3 heterocycles. The number of aromatic nitrogens is 4. The number of anilines is 1. The molecular weight excluding hydrogens is 443 g/mol. The van der Waals surface area contributed by atoms with Gasteiger partial charge in [0.2, 0.25) is 5.91 Å². The highest BCUT2D eigenvalue weighted by atomic mass is 35.5. The molecule has 1 amide bonds. The number of imidazole rings is 1. The Morgan fingerprint density at radius 3 is 2.77 bits per heavy atom. The van der Waals surface area contributed by atoms with Gasteiger partial charge in [-0.25, -0.2) is 15.0 Å². The first-order valence-corrected chi connectivity index (χ1v) is 11.3. The normalized spacial score (nSPS) is 24.8. The number of H-pyrrole nitrogens is 1. The fourth-order valence-corrected chi connectivity index (χ4v) is 6.16. The number of pyridine rings is 1. The quantitative estimate of drug-likeness (QED) is 0.559. The van der Waals surface area contributed by atoms with Gasteiger partial charge >= 0.3 is 0 Å². The van der Waals surface area contributed by atoms with Gasteiger partial charge in [0.25, 0.3) is 0 Å². The van der Waals surface area contributed by atoms with Gasteiger partial charge in [-0.15, -0.1) is 0 Å². The summed E-state index contributed by atoms with van der Waals surface area (Å²) < 4.78 is 0. The molecule has 7 nitrogen and oxygen atoms in total. The Labute approximate surface area is 187 Å². The van der Waals surface area contributed by atoms with Gasteiger partial charge in [-0.3, -0.25) is 4.79 Å². The van der Waals surface area contributed by atoms with Gasteiger partial charge in [0, 0.05) is 31.8 Å². The molecule has 10 heteroatoms. The van der Waals surface area contributed by atoms with Crippen molar-refractivity contribution >= 4 is 56.7 Å². The van der Waals surface area contributed by atoms with Crippen molar-refractivity contribution in [1.29, 1.82) is 0 Å². The maximum absolute atomic E-state index is 12.1. The third kappa shape index (κ3) is 3.09. The molecule has 1 saturated carbocycles. The fraction of sp³-hybridized carbons (Fsp3) is 0.400. The molecule has 2 bridgehead atoms. The van der Waals surface area contributed by atoms with Crippen molar-refractivity contribution < 1.29 is 4.79 Å². The first-order chi connectivity index (χ1) is 14.3. The number of hydrogen-bond donors (Lipinski definition) is 2. The molecule has 0 unspecified atom stereocenters. The van der Waals surface area contributed by atoms with Crippen LogP contribution in [-0.4, -0.2) is 39.9 Å². The van der Waals surface area contributed by atoms with Gasteiger partial charge in [0.15, 0.2) is 21.8 Å². The van der Waals surface area contributed by atoms with E-state index in [2.05, 4.69) is 32.1 Å². The number of allylic oxidation sites excluding steroid dienone is 2. The summed E-state index contributed by atoms with van der Waals surface area (Å²) in [5, 5.41) is 1.74. The average Bonchev–Trinajstić information content (AvgIpc) is 3.45. The lowest BCUT2D eigenvalue weighted by atomic mass is 9.79. The fourth-order valence-electron chi connectivity index (χ4n) is 4.78. The number of fused-ring (bicyclic) bond motifs is 3. The van der Waals surface area contributed by atoms with Crippen molar-refractivity contribution in [2.75, 3.05) is 19.0 Å². The van der Waals surface area contributed by atoms with Gasteiger partial charge in [-0.1, -0.05) is 46.7 Å². The Bertz CT molecular complexity index is 1190. The Hall–Kier alpha value is -2.16. The lowest BCUT2D eigenvalue weighted by Gasteiger charge is -2.26. The number of aromatic amines is 1. The van der Waals surface area contributed by atoms with Crippen molar-refractivity contribution in [3.05, 3.63) is 34.1 Å². The molecule has 2 aliphatic carbocycles. The molecule has 2 aliphatic rings. The van der Waals surface area contributed by atoms with E-state index in [4.69, 9.17) is 28.9 Å². The summed E-state index contributed by atoms with van der Waals surface area (Å²) in [7, 11) is 3.83. The predicted molar refractivity (Wildman–Crippen MR) is 120 cm³/mol. The van der Waals surface area contributed by atoms with Crippen LogP contribution in [0.25, 0.3) is 21.9 Å². The van der Waals surface area contributed by atoms with Crippen molar-refractivity contribution in [2.24, 2.45) is 29.4 Å². The molecule has 5 rings (SSSR count). The van der Waals surface area contributed by atoms with Gasteiger partial charge in [0.05, 0.1) is 10.5 Å². The van der Waals surface area contributed by atoms with E-state index in [9.17, 15) is 4.79 Å². The highest BCUT2D eigenvalue weighted by Gasteiger charge is 2.47. The van der Waals surface area contributed by atoms with Crippen LogP contribution in [0.3, 0.4) is 0 Å². The summed E-state index contributed by atoms with van der Waals surface area (Å²) in [5.41, 5.74) is 7.98. The van der Waals surface area contributed by atoms with E-state index in [1.54, 1.807) is 6.20 Å². The van der Waals surface area contributed by atoms with E-state index in [0.717, 1.165) is 27.5 Å². The van der Waals surface area contributed by atoms with Crippen LogP contribution in [0.15, 0.2) is 18.3 Å². The van der Waals surface area contributed by atoms with Gasteiger partial charge in [-0.2, -0.15) is 0 Å². The highest BCUT2D eigenvalue weighted by molar-refractivity contribution is 7.19. The molecule has 0 aromatic carbocycles. The van der Waals surface area contributed by atoms with E-state index in [-0.39, 0.29) is 23.7 Å². The van der Waals surface area contributed by atoms with Crippen LogP contribution in [0.5, 0.6) is 0 Å². The number of amides is 1. The molecule has 1 fully saturated rings. The minimum atomic E-state index is -0.240. The number of rotatable bonds is 5. The standard InChI is InChI=1S/C20H20Cl2N6OS/c1-28(2)20-26-16(22)15(30-20)19-25-14-11(12(21)7-24-18(14)27-19)6-10-8-3-4-9(5-8)13(10)17(23)29/h3-4,7-10,13H,5-6H2,1-2H3,(H2,23,29)(H,24,25,27)/t8-,9+,10+,13-/m0/s1. The van der Waals surface area contributed by atoms with E-state index in [1.807, 2.05) is 19.0 Å². The van der Waals surface area contributed by atoms with Crippen LogP contribution in [0.1, 0.15) is 12.0 Å². The SMILES string of the molecule is CN(C)c1nc(Cl)c(-c2nc3ncc(Cl)c(C[C@H]4[C@@H](C(N)=O)[C@@H]5C=C[C@H]4C5)c3[nH]2)s1. The molecular formula is C20H20Cl2N6OS. The minimum absolute atomic E-state index is 0.125. The van der Waals surface area contributed by atoms with E-state index in [1.165, 1.54) is 11.3 Å². The lowest BCUT2D eigenvalue weighted by molar-refractivity contribution is -0.123. The first kappa shape index (κ1) is 19.8.